The largest absolute Gasteiger partial charge is 0.478 e. The smallest absolute Gasteiger partial charge is 0.421 e. The number of ether oxygens (including phenoxy) is 2. The van der Waals surface area contributed by atoms with Crippen molar-refractivity contribution >= 4 is 23.5 Å². The first-order chi connectivity index (χ1) is 18.5. The van der Waals surface area contributed by atoms with Crippen LogP contribution in [0.2, 0.25) is 0 Å². The quantitative estimate of drug-likeness (QED) is 0.470. The van der Waals surface area contributed by atoms with Crippen LogP contribution in [0.1, 0.15) is 31.8 Å². The maximum absolute atomic E-state index is 13.6. The second-order valence-corrected chi connectivity index (χ2v) is 8.69. The minimum Gasteiger partial charge on any atom is -0.478 e. The van der Waals surface area contributed by atoms with Gasteiger partial charge in [-0.15, -0.1) is 0 Å². The van der Waals surface area contributed by atoms with Crippen molar-refractivity contribution in [3.8, 4) is 11.6 Å². The summed E-state index contributed by atoms with van der Waals surface area (Å²) in [6.07, 6.45) is -3.65. The minimum atomic E-state index is -4.75. The van der Waals surface area contributed by atoms with E-state index in [1.54, 1.807) is 24.3 Å². The molecule has 9 nitrogen and oxygen atoms in total. The van der Waals surface area contributed by atoms with Crippen molar-refractivity contribution < 1.29 is 42.1 Å². The topological polar surface area (TPSA) is 109 Å². The number of carboxylic acids is 1. The Morgan fingerprint density at radius 1 is 1.08 bits per heavy atom. The summed E-state index contributed by atoms with van der Waals surface area (Å²) in [5, 5.41) is 9.96. The fourth-order valence-electron chi connectivity index (χ4n) is 3.95. The molecule has 0 saturated carbocycles. The third-order valence-electron chi connectivity index (χ3n) is 5.98. The lowest BCUT2D eigenvalue weighted by Crippen LogP contribution is -2.47. The predicted octanol–water partition coefficient (Wildman–Crippen LogP) is 4.40. The summed E-state index contributed by atoms with van der Waals surface area (Å²) in [5.74, 6) is -3.53. The summed E-state index contributed by atoms with van der Waals surface area (Å²) in [6, 6.07) is 11.8. The highest BCUT2D eigenvalue weighted by atomic mass is 19.4. The summed E-state index contributed by atoms with van der Waals surface area (Å²) in [5.41, 5.74) is -0.608. The van der Waals surface area contributed by atoms with Crippen LogP contribution in [0.15, 0.2) is 60.8 Å². The number of carboxylic acid groups (broad SMARTS) is 1. The Morgan fingerprint density at radius 2 is 1.77 bits per heavy atom. The van der Waals surface area contributed by atoms with Crippen LogP contribution in [0.3, 0.4) is 0 Å². The molecule has 2 aromatic carbocycles. The molecule has 12 heteroatoms. The number of alkyl halides is 3. The summed E-state index contributed by atoms with van der Waals surface area (Å²) in [6.45, 7) is 2.66. The normalized spacial score (nSPS) is 13.6. The van der Waals surface area contributed by atoms with Crippen molar-refractivity contribution in [3.63, 3.8) is 0 Å². The number of pyridine rings is 1. The number of carbonyl (C=O) groups is 3. The molecule has 2 heterocycles. The van der Waals surface area contributed by atoms with E-state index in [4.69, 9.17) is 9.47 Å². The van der Waals surface area contributed by atoms with Gasteiger partial charge < -0.3 is 19.5 Å². The number of benzene rings is 2. The lowest BCUT2D eigenvalue weighted by Gasteiger charge is -2.30. The molecular weight excluding hydrogens is 519 g/mol. The van der Waals surface area contributed by atoms with Crippen LogP contribution in [0.25, 0.3) is 0 Å². The van der Waals surface area contributed by atoms with Gasteiger partial charge in [-0.05, 0) is 49.4 Å². The number of carbonyl (C=O) groups excluding carboxylic acids is 2. The van der Waals surface area contributed by atoms with E-state index in [2.05, 4.69) is 4.98 Å². The van der Waals surface area contributed by atoms with Gasteiger partial charge in [0.2, 0.25) is 11.8 Å². The highest BCUT2D eigenvalue weighted by Gasteiger charge is 2.35. The third-order valence-corrected chi connectivity index (χ3v) is 5.98. The number of rotatable bonds is 7. The van der Waals surface area contributed by atoms with Gasteiger partial charge in [0, 0.05) is 24.8 Å². The van der Waals surface area contributed by atoms with Crippen molar-refractivity contribution in [2.75, 3.05) is 37.7 Å². The molecular formula is C27H24F3N3O6. The van der Waals surface area contributed by atoms with E-state index in [0.717, 1.165) is 34.9 Å². The lowest BCUT2D eigenvalue weighted by molar-refractivity contribution is -0.139. The number of aromatic carboxylic acids is 1. The van der Waals surface area contributed by atoms with Gasteiger partial charge in [-0.25, -0.2) is 9.78 Å². The zero-order valence-electron chi connectivity index (χ0n) is 20.8. The van der Waals surface area contributed by atoms with Crippen molar-refractivity contribution in [3.05, 3.63) is 83.0 Å². The number of hydrogen-bond donors (Lipinski definition) is 1. The standard InChI is InChI=1S/C27H24F3N3O6/c1-17-4-6-18(7-5-17)25(35)33(16-23(34)32-11-13-38-14-12-32)22-9-8-19(15-20(22)26(36)37)39-24-21(27(28,29)30)3-2-10-31-24/h2-10,15H,11-14,16H2,1H3,(H,36,37). The average Bonchev–Trinajstić information content (AvgIpc) is 2.92. The van der Waals surface area contributed by atoms with Crippen LogP contribution in [0.4, 0.5) is 18.9 Å². The van der Waals surface area contributed by atoms with Gasteiger partial charge in [0.1, 0.15) is 17.9 Å². The highest BCUT2D eigenvalue weighted by molar-refractivity contribution is 6.11. The lowest BCUT2D eigenvalue weighted by atomic mass is 10.1. The number of aromatic nitrogens is 1. The van der Waals surface area contributed by atoms with E-state index < -0.39 is 47.5 Å². The Labute approximate surface area is 221 Å². The molecule has 0 radical (unpaired) electrons. The van der Waals surface area contributed by atoms with Crippen LogP contribution in [0.5, 0.6) is 11.6 Å². The van der Waals surface area contributed by atoms with Gasteiger partial charge in [-0.3, -0.25) is 14.5 Å². The summed E-state index contributed by atoms with van der Waals surface area (Å²) in [7, 11) is 0. The van der Waals surface area contributed by atoms with Crippen molar-refractivity contribution in [2.24, 2.45) is 0 Å². The summed E-state index contributed by atoms with van der Waals surface area (Å²) < 4.78 is 50.7. The van der Waals surface area contributed by atoms with E-state index in [9.17, 15) is 32.7 Å². The number of amides is 2. The SMILES string of the molecule is Cc1ccc(C(=O)N(CC(=O)N2CCOCC2)c2ccc(Oc3ncccc3C(F)(F)F)cc2C(=O)O)cc1. The first-order valence-electron chi connectivity index (χ1n) is 11.9. The highest BCUT2D eigenvalue weighted by Crippen LogP contribution is 2.37. The molecule has 0 unspecified atom stereocenters. The second-order valence-electron chi connectivity index (χ2n) is 8.69. The monoisotopic (exact) mass is 543 g/mol. The van der Waals surface area contributed by atoms with Crippen molar-refractivity contribution in [1.29, 1.82) is 0 Å². The molecule has 1 saturated heterocycles. The first kappa shape index (κ1) is 27.6. The molecule has 1 aromatic heterocycles. The molecule has 1 aliphatic rings. The number of anilines is 1. The second kappa shape index (κ2) is 11.5. The number of aryl methyl sites for hydroxylation is 1. The van der Waals surface area contributed by atoms with Gasteiger partial charge >= 0.3 is 12.1 Å². The Hall–Kier alpha value is -4.45. The van der Waals surface area contributed by atoms with E-state index in [1.807, 2.05) is 6.92 Å². The Balaban J connectivity index is 1.72. The molecule has 0 spiro atoms. The van der Waals surface area contributed by atoms with E-state index in [-0.39, 0.29) is 17.0 Å². The first-order valence-corrected chi connectivity index (χ1v) is 11.9. The number of hydrogen-bond acceptors (Lipinski definition) is 6. The molecule has 204 valence electrons. The Kier molecular flexibility index (Phi) is 8.15. The fourth-order valence-corrected chi connectivity index (χ4v) is 3.95. The van der Waals surface area contributed by atoms with E-state index in [0.29, 0.717) is 26.3 Å². The maximum Gasteiger partial charge on any atom is 0.421 e. The van der Waals surface area contributed by atoms with E-state index >= 15 is 0 Å². The van der Waals surface area contributed by atoms with Crippen molar-refractivity contribution in [1.82, 2.24) is 9.88 Å². The molecule has 1 N–H and O–H groups in total. The van der Waals surface area contributed by atoms with Gasteiger partial charge in [-0.1, -0.05) is 17.7 Å². The predicted molar refractivity (Wildman–Crippen MR) is 133 cm³/mol. The Morgan fingerprint density at radius 3 is 2.41 bits per heavy atom. The molecule has 0 atom stereocenters. The molecule has 1 aliphatic heterocycles. The number of nitrogens with zero attached hydrogens (tertiary/aromatic N) is 3. The van der Waals surface area contributed by atoms with Crippen LogP contribution in [0, 0.1) is 6.92 Å². The fraction of sp³-hybridized carbons (Fsp3) is 0.259. The maximum atomic E-state index is 13.6. The number of morpholine rings is 1. The van der Waals surface area contributed by atoms with Gasteiger partial charge in [0.05, 0.1) is 24.5 Å². The van der Waals surface area contributed by atoms with Crippen molar-refractivity contribution in [2.45, 2.75) is 13.1 Å². The molecule has 4 rings (SSSR count). The van der Waals surface area contributed by atoms with Crippen LogP contribution in [-0.2, 0) is 15.7 Å². The average molecular weight is 543 g/mol. The minimum absolute atomic E-state index is 0.126. The van der Waals surface area contributed by atoms with Crippen LogP contribution < -0.4 is 9.64 Å². The molecule has 2 amide bonds. The molecule has 0 aliphatic carbocycles. The number of halogens is 3. The summed E-state index contributed by atoms with van der Waals surface area (Å²) in [4.78, 5) is 45.1. The molecule has 39 heavy (non-hydrogen) atoms. The Bertz CT molecular complexity index is 1370. The van der Waals surface area contributed by atoms with Crippen LogP contribution >= 0.6 is 0 Å². The van der Waals surface area contributed by atoms with E-state index in [1.165, 1.54) is 17.0 Å². The van der Waals surface area contributed by atoms with Gasteiger partial charge in [0.15, 0.2) is 0 Å². The molecule has 3 aromatic rings. The zero-order chi connectivity index (χ0) is 28.2. The van der Waals surface area contributed by atoms with Gasteiger partial charge in [0.25, 0.3) is 5.91 Å². The third kappa shape index (κ3) is 6.52. The molecule has 1 fully saturated rings. The molecule has 0 bridgehead atoms. The zero-order valence-corrected chi connectivity index (χ0v) is 20.8. The van der Waals surface area contributed by atoms with Gasteiger partial charge in [-0.2, -0.15) is 13.2 Å². The van der Waals surface area contributed by atoms with Crippen LogP contribution in [-0.4, -0.2) is 65.6 Å². The summed E-state index contributed by atoms with van der Waals surface area (Å²) >= 11 is 0.